The summed E-state index contributed by atoms with van der Waals surface area (Å²) in [5.74, 6) is 0.862. The third-order valence-corrected chi connectivity index (χ3v) is 16.6. The molecule has 0 amide bonds. The van der Waals surface area contributed by atoms with Crippen molar-refractivity contribution in [2.75, 3.05) is 0 Å². The van der Waals surface area contributed by atoms with Gasteiger partial charge in [0.1, 0.15) is 5.75 Å². The van der Waals surface area contributed by atoms with E-state index in [-0.39, 0.29) is 19.5 Å². The van der Waals surface area contributed by atoms with E-state index in [1.165, 1.54) is 26.6 Å². The first-order valence-electron chi connectivity index (χ1n) is 19.2. The molecule has 0 bridgehead atoms. The summed E-state index contributed by atoms with van der Waals surface area (Å²) < 4.78 is 0. The van der Waals surface area contributed by atoms with Gasteiger partial charge in [-0.05, 0) is 128 Å². The van der Waals surface area contributed by atoms with Gasteiger partial charge in [-0.15, -0.1) is 5.75 Å². The molecule has 1 nitrogen and oxygen atoms in total. The molecule has 57 heavy (non-hydrogen) atoms. The van der Waals surface area contributed by atoms with E-state index in [9.17, 15) is 5.11 Å². The predicted octanol–water partition coefficient (Wildman–Crippen LogP) is 11.9. The zero-order chi connectivity index (χ0) is 39.3. The van der Waals surface area contributed by atoms with Gasteiger partial charge in [-0.25, -0.2) is 0 Å². The first-order chi connectivity index (χ1) is 27.4. The molecule has 0 aromatic heterocycles. The Kier molecular flexibility index (Phi) is 17.6. The fraction of sp³-hybridized carbons (Fsp3) is 0.135. The summed E-state index contributed by atoms with van der Waals surface area (Å²) in [7, 11) is -0.897. The molecule has 7 aromatic rings. The minimum atomic E-state index is -0.448. The average Bonchev–Trinajstić information content (AvgIpc) is 3.84. The van der Waals surface area contributed by atoms with Crippen LogP contribution >= 0.6 is 15.8 Å². The van der Waals surface area contributed by atoms with Crippen molar-refractivity contribution in [1.82, 2.24) is 0 Å². The van der Waals surface area contributed by atoms with Crippen LogP contribution in [-0.4, -0.2) is 16.4 Å². The summed E-state index contributed by atoms with van der Waals surface area (Å²) >= 11 is 5.30. The molecule has 7 aromatic carbocycles. The van der Waals surface area contributed by atoms with Crippen molar-refractivity contribution < 1.29 is 24.6 Å². The summed E-state index contributed by atoms with van der Waals surface area (Å²) in [4.78, 5) is 0. The van der Waals surface area contributed by atoms with Crippen LogP contribution in [-0.2, 0) is 37.9 Å². The van der Waals surface area contributed by atoms with Crippen LogP contribution in [0.25, 0.3) is 21.9 Å². The molecule has 1 aliphatic carbocycles. The van der Waals surface area contributed by atoms with E-state index >= 15 is 0 Å². The Balaban J connectivity index is 0.000000199. The van der Waals surface area contributed by atoms with Gasteiger partial charge in [0, 0.05) is 5.56 Å². The second kappa shape index (κ2) is 22.5. The predicted molar refractivity (Wildman–Crippen MR) is 250 cm³/mol. The fourth-order valence-electron chi connectivity index (χ4n) is 7.35. The van der Waals surface area contributed by atoms with Gasteiger partial charge in [0.2, 0.25) is 0 Å². The minimum absolute atomic E-state index is 0. The molecule has 0 heterocycles. The molecule has 0 aliphatic heterocycles. The quantitative estimate of drug-likeness (QED) is 0.0885. The van der Waals surface area contributed by atoms with Crippen LogP contribution in [0, 0.1) is 46.0 Å². The van der Waals surface area contributed by atoms with E-state index in [4.69, 9.17) is 12.6 Å². The minimum Gasteiger partial charge on any atom is -0.788 e. The van der Waals surface area contributed by atoms with Crippen molar-refractivity contribution in [2.45, 2.75) is 44.8 Å². The van der Waals surface area contributed by atoms with E-state index in [0.29, 0.717) is 22.8 Å². The molecule has 5 heteroatoms. The van der Waals surface area contributed by atoms with E-state index < -0.39 is 15.8 Å². The van der Waals surface area contributed by atoms with E-state index in [1.54, 1.807) is 0 Å². The second-order valence-corrected chi connectivity index (χ2v) is 19.4. The number of fused-ring (bicyclic) bond motifs is 1. The van der Waals surface area contributed by atoms with Crippen molar-refractivity contribution >= 4 is 60.5 Å². The van der Waals surface area contributed by atoms with E-state index in [0.717, 1.165) is 33.2 Å². The van der Waals surface area contributed by atoms with Crippen LogP contribution in [0.1, 0.15) is 30.5 Å². The molecule has 0 saturated heterocycles. The molecule has 0 unspecified atom stereocenters. The Morgan fingerprint density at radius 3 is 1.26 bits per heavy atom. The number of benzene rings is 7. The first-order valence-corrected chi connectivity index (χ1v) is 22.6. The largest absolute Gasteiger partial charge is 2.00 e. The maximum atomic E-state index is 10.5. The van der Waals surface area contributed by atoms with Crippen LogP contribution in [0.4, 0.5) is 0 Å². The molecule has 8 rings (SSSR count). The van der Waals surface area contributed by atoms with Crippen LogP contribution in [0.5, 0.6) is 5.75 Å². The van der Waals surface area contributed by atoms with Crippen molar-refractivity contribution in [3.05, 3.63) is 219 Å². The maximum absolute atomic E-state index is 10.5. The van der Waals surface area contributed by atoms with Gasteiger partial charge >= 0.3 is 19.5 Å². The maximum Gasteiger partial charge on any atom is 2.00 e. The summed E-state index contributed by atoms with van der Waals surface area (Å²) in [6.07, 6.45) is 10.0. The average molecular weight is 886 g/mol. The third-order valence-electron chi connectivity index (χ3n) is 10.1. The molecule has 287 valence electrons. The molecule has 5 radical (unpaired) electrons. The summed E-state index contributed by atoms with van der Waals surface area (Å²) in [5, 5.41) is 18.6. The van der Waals surface area contributed by atoms with Crippen LogP contribution in [0.2, 0.25) is 0 Å². The van der Waals surface area contributed by atoms with Crippen molar-refractivity contribution in [3.63, 3.8) is 0 Å². The van der Waals surface area contributed by atoms with Crippen LogP contribution in [0.3, 0.4) is 0 Å². The van der Waals surface area contributed by atoms with Gasteiger partial charge in [-0.2, -0.15) is 0 Å². The molecule has 1 N–H and O–H groups in total. The number of phenols is 1. The van der Waals surface area contributed by atoms with Crippen molar-refractivity contribution in [1.29, 1.82) is 0 Å². The number of aryl methyl sites for hydroxylation is 2. The summed E-state index contributed by atoms with van der Waals surface area (Å²) in [6, 6.07) is 60.8. The first kappa shape index (κ1) is 44.5. The van der Waals surface area contributed by atoms with Crippen molar-refractivity contribution in [2.24, 2.45) is 0 Å². The van der Waals surface area contributed by atoms with Gasteiger partial charge in [-0.1, -0.05) is 183 Å². The number of hydrogen-bond donors (Lipinski definition) is 1. The normalized spacial score (nSPS) is 13.2. The second-order valence-electron chi connectivity index (χ2n) is 14.0. The number of aromatic hydroxyl groups is 1. The van der Waals surface area contributed by atoms with Gasteiger partial charge in [0.05, 0.1) is 0 Å². The monoisotopic (exact) mass is 886 g/mol. The Hall–Kier alpha value is -3.57. The van der Waals surface area contributed by atoms with Gasteiger partial charge in [0.15, 0.2) is 0 Å². The SMILES string of the molecule is C[C@@H]([C@H](C)P(c1ccccc1)c1ccccc1)P(c1ccccc1)c1ccccc1.Cc1cc(C)c(-c2c(C[S-])ccc3ccccc23)c(O)c1.[CH]1[CH][CH][CH][CH]1.[Ru+2]. The van der Waals surface area contributed by atoms with Crippen LogP contribution < -0.4 is 21.2 Å². The van der Waals surface area contributed by atoms with E-state index in [1.807, 2.05) is 64.2 Å². The third kappa shape index (κ3) is 11.6. The topological polar surface area (TPSA) is 20.2 Å². The molecule has 0 spiro atoms. The smallest absolute Gasteiger partial charge is 0.788 e. The fourth-order valence-corrected chi connectivity index (χ4v) is 13.7. The zero-order valence-electron chi connectivity index (χ0n) is 33.0. The summed E-state index contributed by atoms with van der Waals surface area (Å²) in [6.45, 7) is 8.97. The zero-order valence-corrected chi connectivity index (χ0v) is 37.4. The van der Waals surface area contributed by atoms with Gasteiger partial charge in [-0.3, -0.25) is 0 Å². The number of rotatable bonds is 9. The molecule has 1 fully saturated rings. The summed E-state index contributed by atoms with van der Waals surface area (Å²) in [5.41, 5.74) is 6.30. The van der Waals surface area contributed by atoms with Gasteiger partial charge in [0.25, 0.3) is 0 Å². The van der Waals surface area contributed by atoms with Crippen molar-refractivity contribution in [3.8, 4) is 16.9 Å². The Labute approximate surface area is 363 Å². The van der Waals surface area contributed by atoms with E-state index in [2.05, 4.69) is 166 Å². The Morgan fingerprint density at radius 1 is 0.491 bits per heavy atom. The molecule has 1 aliphatic rings. The van der Waals surface area contributed by atoms with Gasteiger partial charge < -0.3 is 17.7 Å². The Morgan fingerprint density at radius 2 is 0.877 bits per heavy atom. The molecule has 1 saturated carbocycles. The standard InChI is InChI=1S/C28H28P2.C19H18OS.C5H5.Ru/c1-23(29(25-15-7-3-8-16-25)26-17-9-4-10-18-26)24(2)30(27-19-11-5-12-20-27)28-21-13-6-14-22-28;1-12-9-13(2)18(17(20)10-12)19-15(11-21)8-7-14-5-3-4-6-16(14)19;1-2-4-5-3-1;/h3-24H,1-2H3;3-10,20-21H,11H2,1-2H3;1-5H;/q;;;+2/p-1/t23-,24-;;;/m0.../s1. The molecular weight excluding hydrogens is 836 g/mol. The molecular formula is C52H50OP2RuS+. The molecule has 2 atom stereocenters. The Bertz CT molecular complexity index is 2050. The number of phenolic OH excluding ortho intramolecular Hbond substituents is 1. The number of hydrogen-bond acceptors (Lipinski definition) is 2. The van der Waals surface area contributed by atoms with Crippen LogP contribution in [0.15, 0.2) is 170 Å².